The third kappa shape index (κ3) is 3.36. The predicted molar refractivity (Wildman–Crippen MR) is 104 cm³/mol. The molecule has 25 heavy (non-hydrogen) atoms. The van der Waals surface area contributed by atoms with E-state index in [0.29, 0.717) is 18.5 Å². The molecule has 0 bridgehead atoms. The molecule has 0 spiro atoms. The lowest BCUT2D eigenvalue weighted by atomic mass is 9.77. The average molecular weight is 385 g/mol. The molecule has 0 N–H and O–H groups in total. The van der Waals surface area contributed by atoms with Crippen LogP contribution in [0.25, 0.3) is 0 Å². The zero-order chi connectivity index (χ0) is 16.9. The van der Waals surface area contributed by atoms with Gasteiger partial charge in [-0.3, -0.25) is 4.90 Å². The number of hydrogen-bond donors (Lipinski definition) is 0. The van der Waals surface area contributed by atoms with E-state index < -0.39 is 10.0 Å². The molecular formula is C19H29ClN2O2S. The maximum absolute atomic E-state index is 12.6. The Bertz CT molecular complexity index is 737. The molecule has 0 saturated carbocycles. The number of benzene rings is 1. The summed E-state index contributed by atoms with van der Waals surface area (Å²) >= 11 is 0. The highest BCUT2D eigenvalue weighted by molar-refractivity contribution is 7.89. The number of rotatable bonds is 2. The molecule has 0 unspecified atom stereocenters. The molecule has 2 saturated heterocycles. The van der Waals surface area contributed by atoms with E-state index in [1.54, 1.807) is 6.92 Å². The fourth-order valence-corrected chi connectivity index (χ4v) is 6.46. The van der Waals surface area contributed by atoms with Crippen molar-refractivity contribution in [2.45, 2.75) is 51.6 Å². The van der Waals surface area contributed by atoms with E-state index in [0.717, 1.165) is 32.4 Å². The summed E-state index contributed by atoms with van der Waals surface area (Å²) in [6, 6.07) is 7.39. The first-order chi connectivity index (χ1) is 11.5. The van der Waals surface area contributed by atoms with Crippen LogP contribution in [0.1, 0.15) is 48.9 Å². The molecular weight excluding hydrogens is 356 g/mol. The number of sulfonamides is 1. The Labute approximate surface area is 158 Å². The van der Waals surface area contributed by atoms with Crippen molar-refractivity contribution in [2.24, 2.45) is 5.92 Å². The molecule has 0 amide bonds. The number of aryl methyl sites for hydroxylation is 1. The number of nitrogens with zero attached hydrogens (tertiary/aromatic N) is 2. The van der Waals surface area contributed by atoms with Gasteiger partial charge in [0.05, 0.1) is 5.75 Å². The van der Waals surface area contributed by atoms with Crippen molar-refractivity contribution in [3.63, 3.8) is 0 Å². The molecule has 4 nitrogen and oxygen atoms in total. The molecule has 4 rings (SSSR count). The van der Waals surface area contributed by atoms with Gasteiger partial charge in [0.25, 0.3) is 0 Å². The summed E-state index contributed by atoms with van der Waals surface area (Å²) in [5, 5.41) is 0. The van der Waals surface area contributed by atoms with E-state index in [1.807, 2.05) is 4.31 Å². The molecule has 3 aliphatic heterocycles. The van der Waals surface area contributed by atoms with Crippen molar-refractivity contribution in [2.75, 3.05) is 25.4 Å². The van der Waals surface area contributed by atoms with E-state index in [2.05, 4.69) is 30.0 Å². The maximum atomic E-state index is 12.6. The zero-order valence-corrected chi connectivity index (χ0v) is 16.8. The quantitative estimate of drug-likeness (QED) is 0.786. The van der Waals surface area contributed by atoms with Gasteiger partial charge in [-0.25, -0.2) is 8.42 Å². The lowest BCUT2D eigenvalue weighted by Crippen LogP contribution is -2.57. The van der Waals surface area contributed by atoms with Crippen molar-refractivity contribution < 1.29 is 8.42 Å². The summed E-state index contributed by atoms with van der Waals surface area (Å²) < 4.78 is 27.0. The first kappa shape index (κ1) is 19.2. The number of hydrogen-bond acceptors (Lipinski definition) is 3. The van der Waals surface area contributed by atoms with Crippen molar-refractivity contribution >= 4 is 22.4 Å². The first-order valence-corrected chi connectivity index (χ1v) is 10.9. The van der Waals surface area contributed by atoms with E-state index in [1.165, 1.54) is 23.1 Å². The van der Waals surface area contributed by atoms with Crippen LogP contribution >= 0.6 is 12.4 Å². The monoisotopic (exact) mass is 384 g/mol. The van der Waals surface area contributed by atoms with Crippen molar-refractivity contribution in [1.29, 1.82) is 0 Å². The molecule has 3 aliphatic rings. The second kappa shape index (κ2) is 7.18. The van der Waals surface area contributed by atoms with Gasteiger partial charge in [0.2, 0.25) is 10.0 Å². The Kier molecular flexibility index (Phi) is 5.50. The lowest BCUT2D eigenvalue weighted by Gasteiger charge is -2.51. The van der Waals surface area contributed by atoms with E-state index in [4.69, 9.17) is 0 Å². The fraction of sp³-hybridized carbons (Fsp3) is 0.684. The third-order valence-electron chi connectivity index (χ3n) is 6.29. The third-order valence-corrected chi connectivity index (χ3v) is 8.19. The smallest absolute Gasteiger partial charge is 0.214 e. The van der Waals surface area contributed by atoms with E-state index >= 15 is 0 Å². The minimum atomic E-state index is -3.10. The Morgan fingerprint density at radius 3 is 2.80 bits per heavy atom. The Morgan fingerprint density at radius 1 is 1.24 bits per heavy atom. The second-order valence-electron chi connectivity index (χ2n) is 7.68. The SMILES string of the molecule is CCS(=O)(=O)N1CCC[C@@H]2CN3CCc4cc(C)ccc4[C@@H]3C[C@@H]21.Cl. The van der Waals surface area contributed by atoms with Crippen molar-refractivity contribution in [3.05, 3.63) is 34.9 Å². The normalized spacial score (nSPS) is 29.9. The van der Waals surface area contributed by atoms with Crippen LogP contribution in [0.3, 0.4) is 0 Å². The Balaban J connectivity index is 0.00000182. The largest absolute Gasteiger partial charge is 0.296 e. The highest BCUT2D eigenvalue weighted by atomic mass is 35.5. The predicted octanol–water partition coefficient (Wildman–Crippen LogP) is 3.15. The van der Waals surface area contributed by atoms with Crippen molar-refractivity contribution in [3.8, 4) is 0 Å². The van der Waals surface area contributed by atoms with Gasteiger partial charge in [0.15, 0.2) is 0 Å². The summed E-state index contributed by atoms with van der Waals surface area (Å²) in [5.74, 6) is 0.726. The van der Waals surface area contributed by atoms with Gasteiger partial charge in [-0.2, -0.15) is 4.31 Å². The summed E-state index contributed by atoms with van der Waals surface area (Å²) in [5.41, 5.74) is 4.23. The minimum absolute atomic E-state index is 0. The molecule has 3 heterocycles. The van der Waals surface area contributed by atoms with Crippen LogP contribution in [0.4, 0.5) is 0 Å². The lowest BCUT2D eigenvalue weighted by molar-refractivity contribution is 0.0220. The van der Waals surface area contributed by atoms with Crippen LogP contribution in [-0.4, -0.2) is 49.1 Å². The molecule has 3 atom stereocenters. The maximum Gasteiger partial charge on any atom is 0.214 e. The van der Waals surface area contributed by atoms with Crippen LogP contribution < -0.4 is 0 Å². The van der Waals surface area contributed by atoms with Crippen LogP contribution in [0.2, 0.25) is 0 Å². The standard InChI is InChI=1S/C19H28N2O2S.ClH/c1-3-24(22,23)21-9-4-5-16-13-20-10-8-15-11-14(2)6-7-17(15)19(20)12-18(16)21;/h6-7,11,16,18-19H,3-5,8-10,12-13H2,1-2H3;1H/t16-,18+,19+;/m1./s1. The topological polar surface area (TPSA) is 40.6 Å². The van der Waals surface area contributed by atoms with Crippen LogP contribution in [0.15, 0.2) is 18.2 Å². The summed E-state index contributed by atoms with van der Waals surface area (Å²) in [6.45, 7) is 6.81. The van der Waals surface area contributed by atoms with Gasteiger partial charge in [0, 0.05) is 31.7 Å². The van der Waals surface area contributed by atoms with Gasteiger partial charge < -0.3 is 0 Å². The van der Waals surface area contributed by atoms with Gasteiger partial charge in [-0.05, 0) is 56.6 Å². The Hall–Kier alpha value is -0.620. The Morgan fingerprint density at radius 2 is 2.04 bits per heavy atom. The molecule has 6 heteroatoms. The summed E-state index contributed by atoms with van der Waals surface area (Å²) in [6.07, 6.45) is 4.26. The first-order valence-electron chi connectivity index (χ1n) is 9.32. The van der Waals surface area contributed by atoms with Gasteiger partial charge >= 0.3 is 0 Å². The number of fused-ring (bicyclic) bond motifs is 4. The van der Waals surface area contributed by atoms with Crippen LogP contribution in [0.5, 0.6) is 0 Å². The van der Waals surface area contributed by atoms with Gasteiger partial charge in [-0.1, -0.05) is 23.8 Å². The number of piperidine rings is 2. The van der Waals surface area contributed by atoms with Crippen LogP contribution in [0, 0.1) is 12.8 Å². The highest BCUT2D eigenvalue weighted by Gasteiger charge is 2.45. The average Bonchev–Trinajstić information content (AvgIpc) is 2.59. The zero-order valence-electron chi connectivity index (χ0n) is 15.1. The van der Waals surface area contributed by atoms with E-state index in [-0.39, 0.29) is 24.2 Å². The molecule has 1 aromatic carbocycles. The van der Waals surface area contributed by atoms with Gasteiger partial charge in [0.1, 0.15) is 0 Å². The highest BCUT2D eigenvalue weighted by Crippen LogP contribution is 2.43. The molecule has 0 radical (unpaired) electrons. The van der Waals surface area contributed by atoms with E-state index in [9.17, 15) is 8.42 Å². The van der Waals surface area contributed by atoms with Crippen LogP contribution in [-0.2, 0) is 16.4 Å². The second-order valence-corrected chi connectivity index (χ2v) is 9.89. The molecule has 2 fully saturated rings. The number of halogens is 1. The summed E-state index contributed by atoms with van der Waals surface area (Å²) in [7, 11) is -3.10. The molecule has 0 aromatic heterocycles. The van der Waals surface area contributed by atoms with Gasteiger partial charge in [-0.15, -0.1) is 12.4 Å². The summed E-state index contributed by atoms with van der Waals surface area (Å²) in [4.78, 5) is 2.61. The molecule has 0 aliphatic carbocycles. The van der Waals surface area contributed by atoms with Crippen molar-refractivity contribution in [1.82, 2.24) is 9.21 Å². The minimum Gasteiger partial charge on any atom is -0.296 e. The fourth-order valence-electron chi connectivity index (χ4n) is 5.05. The molecule has 1 aromatic rings. The molecule has 140 valence electrons.